The number of aromatic nitrogens is 1. The molecule has 1 aromatic heterocycles. The molecule has 1 aliphatic heterocycles. The van der Waals surface area contributed by atoms with E-state index in [4.69, 9.17) is 17.8 Å². The van der Waals surface area contributed by atoms with Crippen LogP contribution in [0.15, 0.2) is 101 Å². The number of likely N-dealkylation sites (tertiary alicyclic amines) is 1. The van der Waals surface area contributed by atoms with Crippen molar-refractivity contribution >= 4 is 28.6 Å². The number of fused-ring (bicyclic) bond motifs is 1. The molecule has 278 valence electrons. The summed E-state index contributed by atoms with van der Waals surface area (Å²) in [7, 11) is -3.61. The van der Waals surface area contributed by atoms with Gasteiger partial charge in [-0.25, -0.2) is 8.78 Å². The highest BCUT2D eigenvalue weighted by Crippen LogP contribution is 2.32. The molecule has 1 fully saturated rings. The van der Waals surface area contributed by atoms with Gasteiger partial charge in [0.05, 0.1) is 39.1 Å². The van der Waals surface area contributed by atoms with Crippen molar-refractivity contribution in [3.63, 3.8) is 0 Å². The first-order valence-corrected chi connectivity index (χ1v) is 16.4. The van der Waals surface area contributed by atoms with Crippen molar-refractivity contribution < 1.29 is 58.9 Å². The van der Waals surface area contributed by atoms with E-state index in [1.165, 1.54) is 0 Å². The molecular formula is C41H40F5N3O3S. The number of halogens is 5. The van der Waals surface area contributed by atoms with Gasteiger partial charge in [-0.1, -0.05) is 60.1 Å². The summed E-state index contributed by atoms with van der Waals surface area (Å²) in [6.07, 6.45) is -13.7. The van der Waals surface area contributed by atoms with Gasteiger partial charge in [0, 0.05) is 72.8 Å². The fourth-order valence-corrected chi connectivity index (χ4v) is 6.01. The maximum atomic E-state index is 15.5. The molecule has 0 N–H and O–H groups in total. The van der Waals surface area contributed by atoms with E-state index in [1.807, 2.05) is 0 Å². The van der Waals surface area contributed by atoms with Crippen LogP contribution < -0.4 is 5.43 Å². The van der Waals surface area contributed by atoms with Gasteiger partial charge < -0.3 is 19.1 Å². The molecule has 2 heterocycles. The summed E-state index contributed by atoms with van der Waals surface area (Å²) < 4.78 is 250. The van der Waals surface area contributed by atoms with Gasteiger partial charge in [0.2, 0.25) is 5.91 Å². The molecule has 0 saturated carbocycles. The lowest BCUT2D eigenvalue weighted by atomic mass is 10.00. The molecule has 0 radical (unpaired) electrons. The molecule has 0 unspecified atom stereocenters. The van der Waals surface area contributed by atoms with Gasteiger partial charge in [-0.15, -0.1) is 11.8 Å². The number of pyridine rings is 1. The molecule has 4 aromatic carbocycles. The SMILES string of the molecule is [2H]c1c(C)c([2H])c2c(=O)c([2H])c(SCc3cccc(F)c3F)n(CC(=O)N(C([2H])([2H])c3ccc(-c4ccc(C(F)(F)F)cc4)cc3)C3([2H])C([2H])([2H])C([2H])([2H])N(CC([2H])([2H])OC([2H])([2H])[2H])C([2H])([2H])C3([2H])[2H])c2c1[2H]. The lowest BCUT2D eigenvalue weighted by Crippen LogP contribution is -2.48. The van der Waals surface area contributed by atoms with Crippen LogP contribution in [0.1, 0.15) is 62.4 Å². The van der Waals surface area contributed by atoms with Crippen LogP contribution >= 0.6 is 11.8 Å². The molecule has 53 heavy (non-hydrogen) atoms. The van der Waals surface area contributed by atoms with Gasteiger partial charge in [-0.05, 0) is 66.6 Å². The number of rotatable bonds is 12. The molecule has 0 bridgehead atoms. The van der Waals surface area contributed by atoms with Crippen LogP contribution in [0.4, 0.5) is 22.0 Å². The van der Waals surface area contributed by atoms with Gasteiger partial charge >= 0.3 is 6.18 Å². The van der Waals surface area contributed by atoms with Crippen LogP contribution in [0.25, 0.3) is 22.0 Å². The third-order valence-corrected chi connectivity index (χ3v) is 8.68. The minimum atomic E-state index is -4.73. The van der Waals surface area contributed by atoms with Gasteiger partial charge in [0.15, 0.2) is 17.1 Å². The van der Waals surface area contributed by atoms with Gasteiger partial charge in [0.25, 0.3) is 0 Å². The molecule has 6 rings (SSSR count). The number of thioether (sulfide) groups is 1. The standard InChI is InChI=1S/C41H40F5N3O3S/c1-27-6-15-36-34(22-27)37(50)23-39(53-26-31-4-3-5-35(42)40(31)43)49(36)25-38(51)48(33-16-18-47(19-17-33)20-21-52-2)24-28-7-9-29(10-8-28)30-11-13-32(14-12-30)41(44,45)46/h3-15,22-23,33H,16-21,24-26H2,1-2H3/i2D3,6D,15D,16D2,17D2,18D2,19D2,21D2,22D,23D,24D2,33D. The van der Waals surface area contributed by atoms with E-state index in [9.17, 15) is 32.0 Å². The second-order valence-corrected chi connectivity index (χ2v) is 12.2. The second kappa shape index (κ2) is 16.7. The number of amides is 1. The monoisotopic (exact) mass is 769 g/mol. The number of carbonyl (C=O) groups excluding carboxylic acids is 1. The van der Waals surface area contributed by atoms with Gasteiger partial charge in [-0.3, -0.25) is 9.59 Å². The number of benzene rings is 4. The Bertz CT molecular complexity index is 3020. The third-order valence-electron chi connectivity index (χ3n) is 7.63. The molecule has 5 aromatic rings. The maximum absolute atomic E-state index is 15.5. The quantitative estimate of drug-likeness (QED) is 0.0940. The Balaban J connectivity index is 1.65. The Labute approximate surface area is 337 Å². The van der Waals surface area contributed by atoms with E-state index in [0.717, 1.165) is 73.7 Å². The number of carbonyl (C=O) groups is 1. The molecule has 1 aliphatic rings. The Morgan fingerprint density at radius 3 is 2.43 bits per heavy atom. The van der Waals surface area contributed by atoms with Crippen molar-refractivity contribution in [1.82, 2.24) is 14.4 Å². The summed E-state index contributed by atoms with van der Waals surface area (Å²) >= 11 is 0.333. The van der Waals surface area contributed by atoms with Crippen LogP contribution in [0.2, 0.25) is 0 Å². The van der Waals surface area contributed by atoms with Crippen molar-refractivity contribution in [2.24, 2.45) is 0 Å². The average molecular weight is 770 g/mol. The molecule has 0 aliphatic carbocycles. The smallest absolute Gasteiger partial charge is 0.383 e. The molecule has 6 nitrogen and oxygen atoms in total. The zero-order valence-electron chi connectivity index (χ0n) is 47.3. The summed E-state index contributed by atoms with van der Waals surface area (Å²) in [6.45, 7) is -18.5. The van der Waals surface area contributed by atoms with E-state index in [0.29, 0.717) is 16.3 Å². The minimum absolute atomic E-state index is 0.0849. The van der Waals surface area contributed by atoms with Crippen molar-refractivity contribution in [2.45, 2.75) is 55.7 Å². The van der Waals surface area contributed by atoms with Gasteiger partial charge in [-0.2, -0.15) is 13.2 Å². The number of hydrogen-bond acceptors (Lipinski definition) is 5. The molecule has 0 spiro atoms. The Morgan fingerprint density at radius 1 is 1.06 bits per heavy atom. The topological polar surface area (TPSA) is 54.8 Å². The van der Waals surface area contributed by atoms with Crippen molar-refractivity contribution in [3.05, 3.63) is 135 Å². The molecule has 0 atom stereocenters. The first kappa shape index (κ1) is 20.2. The normalized spacial score (nSPS) is 24.9. The van der Waals surface area contributed by atoms with Crippen molar-refractivity contribution in [1.29, 1.82) is 0 Å². The summed E-state index contributed by atoms with van der Waals surface area (Å²) in [5, 5.41) is -1.54. The first-order chi connectivity index (χ1) is 33.1. The fraction of sp³-hybridized carbons (Fsp3) is 0.317. The third kappa shape index (κ3) is 9.17. The highest BCUT2D eigenvalue weighted by Gasteiger charge is 2.31. The largest absolute Gasteiger partial charge is 0.416 e. The number of hydrogen-bond donors (Lipinski definition) is 0. The lowest BCUT2D eigenvalue weighted by molar-refractivity contribution is -0.137. The Morgan fingerprint density at radius 2 is 1.75 bits per heavy atom. The second-order valence-electron chi connectivity index (χ2n) is 11.2. The fourth-order valence-electron chi connectivity index (χ4n) is 5.01. The highest BCUT2D eigenvalue weighted by atomic mass is 32.2. The highest BCUT2D eigenvalue weighted by molar-refractivity contribution is 7.98. The van der Waals surface area contributed by atoms with Crippen LogP contribution in [-0.4, -0.2) is 59.4 Å². The van der Waals surface area contributed by atoms with Crippen LogP contribution in [0.3, 0.4) is 0 Å². The predicted molar refractivity (Wildman–Crippen MR) is 198 cm³/mol. The van der Waals surface area contributed by atoms with E-state index in [2.05, 4.69) is 4.74 Å². The minimum Gasteiger partial charge on any atom is -0.383 e. The van der Waals surface area contributed by atoms with Crippen LogP contribution in [0.5, 0.6) is 0 Å². The number of piperidine rings is 1. The van der Waals surface area contributed by atoms with Crippen LogP contribution in [-0.2, 0) is 34.5 Å². The Hall–Kier alpha value is -4.52. The number of alkyl halides is 3. The zero-order valence-corrected chi connectivity index (χ0v) is 28.2. The summed E-state index contributed by atoms with van der Waals surface area (Å²) in [5.41, 5.74) is -4.47. The Kier molecular flexibility index (Phi) is 6.36. The first-order valence-electron chi connectivity index (χ1n) is 25.4. The molecule has 1 amide bonds. The number of methoxy groups -OCH3 is 1. The number of ether oxygens (including phenoxy) is 1. The predicted octanol–water partition coefficient (Wildman–Crippen LogP) is 8.71. The van der Waals surface area contributed by atoms with Crippen molar-refractivity contribution in [3.8, 4) is 11.1 Å². The zero-order chi connectivity index (χ0) is 55.4. The number of nitrogens with zero attached hydrogens (tertiary/aromatic N) is 3. The molecule has 1 saturated heterocycles. The van der Waals surface area contributed by atoms with Crippen LogP contribution in [0, 0.1) is 18.6 Å². The average Bonchev–Trinajstić information content (AvgIpc) is 3.27. The van der Waals surface area contributed by atoms with E-state index in [1.54, 1.807) is 0 Å². The lowest BCUT2D eigenvalue weighted by Gasteiger charge is -2.39. The van der Waals surface area contributed by atoms with Gasteiger partial charge in [0.1, 0.15) is 6.54 Å². The summed E-state index contributed by atoms with van der Waals surface area (Å²) in [4.78, 5) is 28.4. The van der Waals surface area contributed by atoms with E-state index >= 15 is 9.18 Å². The summed E-state index contributed by atoms with van der Waals surface area (Å²) in [6, 6.07) is 2.24. The summed E-state index contributed by atoms with van der Waals surface area (Å²) in [5.74, 6) is -5.45. The maximum Gasteiger partial charge on any atom is 0.416 e. The molecular weight excluding hydrogens is 710 g/mol. The van der Waals surface area contributed by atoms with E-state index in [-0.39, 0.29) is 16.7 Å². The van der Waals surface area contributed by atoms with Crippen molar-refractivity contribution in [2.75, 3.05) is 33.1 Å². The molecule has 12 heteroatoms. The van der Waals surface area contributed by atoms with E-state index < -0.39 is 166 Å².